The van der Waals surface area contributed by atoms with Crippen molar-refractivity contribution in [2.75, 3.05) is 30.8 Å². The number of nitrogens with one attached hydrogen (secondary N) is 1. The van der Waals surface area contributed by atoms with Gasteiger partial charge < -0.3 is 15.8 Å². The molecule has 0 radical (unpaired) electrons. The first-order valence-corrected chi connectivity index (χ1v) is 5.11. The maximum atomic E-state index is 11.8. The van der Waals surface area contributed by atoms with Crippen LogP contribution in [0.5, 0.6) is 0 Å². The Morgan fingerprint density at radius 1 is 1.39 bits per heavy atom. The van der Waals surface area contributed by atoms with E-state index in [-0.39, 0.29) is 18.8 Å². The molecule has 3 N–H and O–H groups in total. The second-order valence-electron chi connectivity index (χ2n) is 3.47. The number of ether oxygens (including phenoxy) is 1. The average molecular weight is 259 g/mol. The standard InChI is InChI=1S/C11H12F3N3O/c12-11(13,14)7-18-5-4-17-9-3-1-2-8(6-15)10(9)16/h1-3,17H,4-5,7,16H2. The zero-order chi connectivity index (χ0) is 13.6. The van der Waals surface area contributed by atoms with E-state index < -0.39 is 12.8 Å². The molecule has 4 nitrogen and oxygen atoms in total. The largest absolute Gasteiger partial charge is 0.411 e. The number of nitrogens with zero attached hydrogens (tertiary/aromatic N) is 1. The first-order chi connectivity index (χ1) is 8.44. The van der Waals surface area contributed by atoms with Crippen molar-refractivity contribution in [3.63, 3.8) is 0 Å². The molecule has 0 atom stereocenters. The summed E-state index contributed by atoms with van der Waals surface area (Å²) < 4.78 is 39.7. The molecule has 0 aliphatic rings. The molecular weight excluding hydrogens is 247 g/mol. The molecule has 1 rings (SSSR count). The van der Waals surface area contributed by atoms with E-state index in [0.29, 0.717) is 11.3 Å². The minimum atomic E-state index is -4.32. The van der Waals surface area contributed by atoms with E-state index in [1.165, 1.54) is 0 Å². The van der Waals surface area contributed by atoms with Crippen LogP contribution in [0.15, 0.2) is 18.2 Å². The lowest BCUT2D eigenvalue weighted by Gasteiger charge is -2.11. The third-order valence-electron chi connectivity index (χ3n) is 2.05. The highest BCUT2D eigenvalue weighted by molar-refractivity contribution is 5.72. The van der Waals surface area contributed by atoms with Gasteiger partial charge in [-0.1, -0.05) is 6.07 Å². The Morgan fingerprint density at radius 3 is 2.72 bits per heavy atom. The zero-order valence-electron chi connectivity index (χ0n) is 9.42. The minimum Gasteiger partial charge on any atom is -0.396 e. The molecule has 0 aromatic heterocycles. The third-order valence-corrected chi connectivity index (χ3v) is 2.05. The Hall–Kier alpha value is -1.94. The van der Waals surface area contributed by atoms with Crippen molar-refractivity contribution in [1.29, 1.82) is 5.26 Å². The van der Waals surface area contributed by atoms with Crippen molar-refractivity contribution in [3.05, 3.63) is 23.8 Å². The molecule has 18 heavy (non-hydrogen) atoms. The van der Waals surface area contributed by atoms with Crippen LogP contribution in [-0.2, 0) is 4.74 Å². The average Bonchev–Trinajstić information content (AvgIpc) is 2.29. The van der Waals surface area contributed by atoms with Crippen LogP contribution in [-0.4, -0.2) is 25.9 Å². The second kappa shape index (κ2) is 6.12. The molecule has 7 heteroatoms. The number of rotatable bonds is 5. The number of alkyl halides is 3. The second-order valence-corrected chi connectivity index (χ2v) is 3.47. The molecule has 0 spiro atoms. The van der Waals surface area contributed by atoms with Gasteiger partial charge in [0, 0.05) is 6.54 Å². The lowest BCUT2D eigenvalue weighted by molar-refractivity contribution is -0.172. The highest BCUT2D eigenvalue weighted by Gasteiger charge is 2.27. The number of anilines is 2. The molecule has 1 aromatic carbocycles. The number of nitriles is 1. The fourth-order valence-corrected chi connectivity index (χ4v) is 1.26. The number of benzene rings is 1. The predicted molar refractivity (Wildman–Crippen MR) is 60.9 cm³/mol. The fourth-order valence-electron chi connectivity index (χ4n) is 1.26. The van der Waals surface area contributed by atoms with Gasteiger partial charge in [0.25, 0.3) is 0 Å². The van der Waals surface area contributed by atoms with E-state index >= 15 is 0 Å². The van der Waals surface area contributed by atoms with Crippen LogP contribution in [0.25, 0.3) is 0 Å². The molecule has 0 saturated carbocycles. The molecule has 0 bridgehead atoms. The zero-order valence-corrected chi connectivity index (χ0v) is 9.42. The van der Waals surface area contributed by atoms with E-state index in [2.05, 4.69) is 10.1 Å². The smallest absolute Gasteiger partial charge is 0.396 e. The van der Waals surface area contributed by atoms with Crippen LogP contribution in [0.2, 0.25) is 0 Å². The monoisotopic (exact) mass is 259 g/mol. The topological polar surface area (TPSA) is 71.1 Å². The maximum absolute atomic E-state index is 11.8. The van der Waals surface area contributed by atoms with Gasteiger partial charge in [-0.25, -0.2) is 0 Å². The number of nitrogen functional groups attached to an aromatic ring is 1. The van der Waals surface area contributed by atoms with Gasteiger partial charge in [-0.05, 0) is 12.1 Å². The van der Waals surface area contributed by atoms with Gasteiger partial charge in [-0.15, -0.1) is 0 Å². The van der Waals surface area contributed by atoms with Crippen molar-refractivity contribution in [2.45, 2.75) is 6.18 Å². The van der Waals surface area contributed by atoms with Crippen LogP contribution < -0.4 is 11.1 Å². The van der Waals surface area contributed by atoms with E-state index in [9.17, 15) is 13.2 Å². The molecule has 98 valence electrons. The summed E-state index contributed by atoms with van der Waals surface area (Å²) in [4.78, 5) is 0. The number of nitrogens with two attached hydrogens (primary N) is 1. The first-order valence-electron chi connectivity index (χ1n) is 5.11. The van der Waals surface area contributed by atoms with Crippen molar-refractivity contribution in [2.24, 2.45) is 0 Å². The quantitative estimate of drug-likeness (QED) is 0.627. The lowest BCUT2D eigenvalue weighted by atomic mass is 10.1. The first kappa shape index (κ1) is 14.1. The summed E-state index contributed by atoms with van der Waals surface area (Å²) in [6, 6.07) is 6.74. The van der Waals surface area contributed by atoms with Crippen LogP contribution in [0, 0.1) is 11.3 Å². The van der Waals surface area contributed by atoms with Crippen LogP contribution in [0.4, 0.5) is 24.5 Å². The highest BCUT2D eigenvalue weighted by Crippen LogP contribution is 2.21. The van der Waals surface area contributed by atoms with E-state index in [0.717, 1.165) is 0 Å². The SMILES string of the molecule is N#Cc1cccc(NCCOCC(F)(F)F)c1N. The summed E-state index contributed by atoms with van der Waals surface area (Å²) in [6.45, 7) is -1.20. The molecular formula is C11H12F3N3O. The maximum Gasteiger partial charge on any atom is 0.411 e. The molecule has 0 unspecified atom stereocenters. The Morgan fingerprint density at radius 2 is 2.11 bits per heavy atom. The lowest BCUT2D eigenvalue weighted by Crippen LogP contribution is -2.20. The summed E-state index contributed by atoms with van der Waals surface area (Å²) in [6.07, 6.45) is -4.32. The molecule has 0 fully saturated rings. The van der Waals surface area contributed by atoms with Crippen LogP contribution >= 0.6 is 0 Å². The Labute approximate surface area is 102 Å². The van der Waals surface area contributed by atoms with Crippen LogP contribution in [0.3, 0.4) is 0 Å². The van der Waals surface area contributed by atoms with Gasteiger partial charge in [0.2, 0.25) is 0 Å². The number of hydrogen-bond acceptors (Lipinski definition) is 4. The summed E-state index contributed by atoms with van der Waals surface area (Å²) in [5.74, 6) is 0. The van der Waals surface area contributed by atoms with Crippen molar-refractivity contribution in [1.82, 2.24) is 0 Å². The Bertz CT molecular complexity index is 440. The summed E-state index contributed by atoms with van der Waals surface area (Å²) >= 11 is 0. The normalized spacial score (nSPS) is 11.0. The van der Waals surface area contributed by atoms with Gasteiger partial charge in [0.1, 0.15) is 12.7 Å². The van der Waals surface area contributed by atoms with Gasteiger partial charge in [0.05, 0.1) is 23.5 Å². The summed E-state index contributed by atoms with van der Waals surface area (Å²) in [5, 5.41) is 11.5. The molecule has 0 heterocycles. The fraction of sp³-hybridized carbons (Fsp3) is 0.364. The van der Waals surface area contributed by atoms with Crippen molar-refractivity contribution in [3.8, 4) is 6.07 Å². The third kappa shape index (κ3) is 4.51. The number of halogens is 3. The van der Waals surface area contributed by atoms with Gasteiger partial charge in [-0.2, -0.15) is 18.4 Å². The van der Waals surface area contributed by atoms with Gasteiger partial charge in [0.15, 0.2) is 0 Å². The van der Waals surface area contributed by atoms with Crippen molar-refractivity contribution < 1.29 is 17.9 Å². The molecule has 1 aromatic rings. The van der Waals surface area contributed by atoms with Crippen molar-refractivity contribution >= 4 is 11.4 Å². The van der Waals surface area contributed by atoms with E-state index in [4.69, 9.17) is 11.0 Å². The number of para-hydroxylation sites is 1. The molecule has 0 amide bonds. The van der Waals surface area contributed by atoms with E-state index in [1.807, 2.05) is 6.07 Å². The highest BCUT2D eigenvalue weighted by atomic mass is 19.4. The summed E-state index contributed by atoms with van der Waals surface area (Å²) in [7, 11) is 0. The molecule has 0 saturated heterocycles. The predicted octanol–water partition coefficient (Wildman–Crippen LogP) is 2.13. The van der Waals surface area contributed by atoms with Gasteiger partial charge >= 0.3 is 6.18 Å². The summed E-state index contributed by atoms with van der Waals surface area (Å²) in [5.41, 5.74) is 6.77. The Kier molecular flexibility index (Phi) is 4.80. The van der Waals surface area contributed by atoms with Gasteiger partial charge in [-0.3, -0.25) is 0 Å². The Balaban J connectivity index is 2.39. The van der Waals surface area contributed by atoms with E-state index in [1.54, 1.807) is 18.2 Å². The molecule has 0 aliphatic heterocycles. The minimum absolute atomic E-state index is 0.101. The molecule has 0 aliphatic carbocycles. The van der Waals surface area contributed by atoms with Crippen LogP contribution in [0.1, 0.15) is 5.56 Å². The number of hydrogen-bond donors (Lipinski definition) is 2.